The number of halogens is 2. The van der Waals surface area contributed by atoms with Crippen LogP contribution in [-0.4, -0.2) is 33.8 Å². The van der Waals surface area contributed by atoms with Crippen molar-refractivity contribution in [3.63, 3.8) is 0 Å². The molecule has 25 heavy (non-hydrogen) atoms. The van der Waals surface area contributed by atoms with Gasteiger partial charge in [-0.25, -0.2) is 9.67 Å². The summed E-state index contributed by atoms with van der Waals surface area (Å²) in [7, 11) is 1.80. The largest absolute Gasteiger partial charge is 0.352 e. The number of aromatic nitrogens is 3. The molecule has 0 saturated heterocycles. The molecule has 2 aromatic rings. The summed E-state index contributed by atoms with van der Waals surface area (Å²) >= 11 is 3.46. The van der Waals surface area contributed by atoms with Crippen LogP contribution in [-0.2, 0) is 25.9 Å². The van der Waals surface area contributed by atoms with E-state index in [9.17, 15) is 0 Å². The molecule has 0 amide bonds. The molecule has 0 fully saturated rings. The van der Waals surface area contributed by atoms with Crippen LogP contribution in [0.25, 0.3) is 0 Å². The lowest BCUT2D eigenvalue weighted by molar-refractivity contribution is 0.392. The molecule has 1 aromatic carbocycles. The van der Waals surface area contributed by atoms with Gasteiger partial charge >= 0.3 is 0 Å². The van der Waals surface area contributed by atoms with Crippen LogP contribution < -0.4 is 10.6 Å². The first-order valence-electron chi connectivity index (χ1n) is 8.32. The van der Waals surface area contributed by atoms with Gasteiger partial charge in [0.25, 0.3) is 0 Å². The molecule has 6 nitrogen and oxygen atoms in total. The van der Waals surface area contributed by atoms with Crippen LogP contribution in [0.4, 0.5) is 0 Å². The van der Waals surface area contributed by atoms with Gasteiger partial charge in [-0.1, -0.05) is 35.0 Å². The number of aryl methyl sites for hydroxylation is 2. The van der Waals surface area contributed by atoms with Crippen LogP contribution in [0.15, 0.2) is 33.7 Å². The van der Waals surface area contributed by atoms with Crippen molar-refractivity contribution >= 4 is 45.9 Å². The minimum Gasteiger partial charge on any atom is -0.352 e. The Morgan fingerprint density at radius 2 is 2.12 bits per heavy atom. The Labute approximate surface area is 174 Å². The third-order valence-corrected chi connectivity index (χ3v) is 4.68. The smallest absolute Gasteiger partial charge is 0.191 e. The molecule has 0 radical (unpaired) electrons. The maximum atomic E-state index is 4.56. The molecule has 1 aliphatic heterocycles. The highest BCUT2D eigenvalue weighted by Gasteiger charge is 2.21. The molecule has 1 aromatic heterocycles. The number of hydrogen-bond donors (Lipinski definition) is 2. The second-order valence-electron chi connectivity index (χ2n) is 5.91. The van der Waals surface area contributed by atoms with E-state index in [4.69, 9.17) is 0 Å². The summed E-state index contributed by atoms with van der Waals surface area (Å²) in [5.41, 5.74) is 1.22. The molecular weight excluding hydrogens is 495 g/mol. The molecule has 0 bridgehead atoms. The van der Waals surface area contributed by atoms with Crippen molar-refractivity contribution in [2.75, 3.05) is 7.05 Å². The van der Waals surface area contributed by atoms with Crippen molar-refractivity contribution in [1.29, 1.82) is 0 Å². The maximum Gasteiger partial charge on any atom is 0.191 e. The molecule has 136 valence electrons. The fourth-order valence-corrected chi connectivity index (χ4v) is 3.07. The standard InChI is InChI=1S/C17H23BrN6.HI/c1-3-15-22-16-9-8-14(11-24(16)23-15)21-17(19-2)20-10-12-4-6-13(18)7-5-12;/h4-7,14H,3,8-11H2,1-2H3,(H2,19,20,21);1H. The van der Waals surface area contributed by atoms with E-state index in [1.54, 1.807) is 7.05 Å². The highest BCUT2D eigenvalue weighted by molar-refractivity contribution is 14.0. The van der Waals surface area contributed by atoms with Gasteiger partial charge in [-0.15, -0.1) is 24.0 Å². The van der Waals surface area contributed by atoms with Crippen LogP contribution in [0.3, 0.4) is 0 Å². The van der Waals surface area contributed by atoms with Gasteiger partial charge in [0.2, 0.25) is 0 Å². The number of hydrogen-bond acceptors (Lipinski definition) is 3. The molecule has 0 saturated carbocycles. The van der Waals surface area contributed by atoms with Gasteiger partial charge in [-0.2, -0.15) is 5.10 Å². The van der Waals surface area contributed by atoms with E-state index >= 15 is 0 Å². The van der Waals surface area contributed by atoms with E-state index in [0.29, 0.717) is 6.04 Å². The molecule has 0 aliphatic carbocycles. The second-order valence-corrected chi connectivity index (χ2v) is 6.83. The van der Waals surface area contributed by atoms with Gasteiger partial charge in [-0.05, 0) is 24.1 Å². The van der Waals surface area contributed by atoms with Gasteiger partial charge in [0, 0.05) is 36.9 Å². The van der Waals surface area contributed by atoms with Gasteiger partial charge in [0.05, 0.1) is 6.54 Å². The van der Waals surface area contributed by atoms with Gasteiger partial charge < -0.3 is 10.6 Å². The monoisotopic (exact) mass is 518 g/mol. The minimum atomic E-state index is 0. The first kappa shape index (κ1) is 20.2. The Balaban J connectivity index is 0.00000225. The third-order valence-electron chi connectivity index (χ3n) is 4.16. The van der Waals surface area contributed by atoms with E-state index in [0.717, 1.165) is 54.4 Å². The van der Waals surface area contributed by atoms with E-state index in [2.05, 4.69) is 60.7 Å². The number of nitrogens with zero attached hydrogens (tertiary/aromatic N) is 4. The Hall–Kier alpha value is -1.16. The van der Waals surface area contributed by atoms with Crippen molar-refractivity contribution in [3.8, 4) is 0 Å². The minimum absolute atomic E-state index is 0. The molecule has 2 N–H and O–H groups in total. The molecule has 1 unspecified atom stereocenters. The first-order valence-corrected chi connectivity index (χ1v) is 9.11. The zero-order chi connectivity index (χ0) is 16.9. The molecule has 3 rings (SSSR count). The van der Waals surface area contributed by atoms with Gasteiger partial charge in [-0.3, -0.25) is 4.99 Å². The summed E-state index contributed by atoms with van der Waals surface area (Å²) in [5.74, 6) is 2.85. The molecule has 0 spiro atoms. The first-order chi connectivity index (χ1) is 11.7. The van der Waals surface area contributed by atoms with E-state index in [1.165, 1.54) is 5.56 Å². The SMILES string of the molecule is CCc1nc2n(n1)CC(NC(=NC)NCc1ccc(Br)cc1)CC2.I. The Kier molecular flexibility index (Phi) is 7.67. The number of aliphatic imine (C=N–C) groups is 1. The van der Waals surface area contributed by atoms with Crippen LogP contribution in [0, 0.1) is 0 Å². The summed E-state index contributed by atoms with van der Waals surface area (Å²) in [5, 5.41) is 11.4. The fraction of sp³-hybridized carbons (Fsp3) is 0.471. The Morgan fingerprint density at radius 1 is 1.36 bits per heavy atom. The van der Waals surface area contributed by atoms with E-state index in [1.807, 2.05) is 16.8 Å². The number of nitrogens with one attached hydrogen (secondary N) is 2. The molecule has 8 heteroatoms. The van der Waals surface area contributed by atoms with Crippen LogP contribution in [0.1, 0.15) is 30.6 Å². The highest BCUT2D eigenvalue weighted by Crippen LogP contribution is 2.13. The van der Waals surface area contributed by atoms with Crippen LogP contribution >= 0.6 is 39.9 Å². The van der Waals surface area contributed by atoms with Crippen LogP contribution in [0.5, 0.6) is 0 Å². The third kappa shape index (κ3) is 5.40. The molecule has 1 atom stereocenters. The van der Waals surface area contributed by atoms with Crippen molar-refractivity contribution in [2.24, 2.45) is 4.99 Å². The lowest BCUT2D eigenvalue weighted by Crippen LogP contribution is -2.46. The van der Waals surface area contributed by atoms with Gasteiger partial charge in [0.1, 0.15) is 5.82 Å². The Morgan fingerprint density at radius 3 is 2.80 bits per heavy atom. The number of fused-ring (bicyclic) bond motifs is 1. The summed E-state index contributed by atoms with van der Waals surface area (Å²) < 4.78 is 3.12. The topological polar surface area (TPSA) is 67.1 Å². The highest BCUT2D eigenvalue weighted by atomic mass is 127. The predicted molar refractivity (Wildman–Crippen MR) is 114 cm³/mol. The molecule has 1 aliphatic rings. The average Bonchev–Trinajstić information content (AvgIpc) is 3.02. The number of guanidine groups is 1. The fourth-order valence-electron chi connectivity index (χ4n) is 2.80. The maximum absolute atomic E-state index is 4.56. The predicted octanol–water partition coefficient (Wildman–Crippen LogP) is 2.90. The zero-order valence-corrected chi connectivity index (χ0v) is 18.4. The second kappa shape index (κ2) is 9.51. The molecule has 2 heterocycles. The van der Waals surface area contributed by atoms with Gasteiger partial charge in [0.15, 0.2) is 11.8 Å². The van der Waals surface area contributed by atoms with Crippen LogP contribution in [0.2, 0.25) is 0 Å². The Bertz CT molecular complexity index is 712. The van der Waals surface area contributed by atoms with Crippen molar-refractivity contribution in [3.05, 3.63) is 46.0 Å². The van der Waals surface area contributed by atoms with E-state index in [-0.39, 0.29) is 24.0 Å². The zero-order valence-electron chi connectivity index (χ0n) is 14.5. The molecular formula is C17H24BrIN6. The number of rotatable bonds is 4. The van der Waals surface area contributed by atoms with Crippen molar-refractivity contribution in [1.82, 2.24) is 25.4 Å². The van der Waals surface area contributed by atoms with E-state index < -0.39 is 0 Å². The summed E-state index contributed by atoms with van der Waals surface area (Å²) in [6.07, 6.45) is 2.88. The average molecular weight is 519 g/mol. The number of benzene rings is 1. The summed E-state index contributed by atoms with van der Waals surface area (Å²) in [6.45, 7) is 3.67. The lowest BCUT2D eigenvalue weighted by atomic mass is 10.1. The summed E-state index contributed by atoms with van der Waals surface area (Å²) in [4.78, 5) is 8.89. The van der Waals surface area contributed by atoms with Crippen molar-refractivity contribution in [2.45, 2.75) is 45.3 Å². The lowest BCUT2D eigenvalue weighted by Gasteiger charge is -2.25. The van der Waals surface area contributed by atoms with Crippen molar-refractivity contribution < 1.29 is 0 Å². The normalized spacial score (nSPS) is 16.8. The quantitative estimate of drug-likeness (QED) is 0.371. The summed E-state index contributed by atoms with van der Waals surface area (Å²) in [6, 6.07) is 8.61.